The van der Waals surface area contributed by atoms with Gasteiger partial charge in [-0.15, -0.1) is 0 Å². The molecule has 0 aliphatic carbocycles. The second kappa shape index (κ2) is 7.12. The Hall–Kier alpha value is -2.29. The smallest absolute Gasteiger partial charge is 0.228 e. The van der Waals surface area contributed by atoms with Crippen LogP contribution in [0.1, 0.15) is 29.2 Å². The van der Waals surface area contributed by atoms with Gasteiger partial charge in [-0.3, -0.25) is 4.79 Å². The lowest BCUT2D eigenvalue weighted by Crippen LogP contribution is -2.17. The van der Waals surface area contributed by atoms with Crippen LogP contribution in [0.3, 0.4) is 0 Å². The topological polar surface area (TPSA) is 38.3 Å². The first-order valence-corrected chi connectivity index (χ1v) is 7.57. The molecular weight excluding hydrogens is 274 g/mol. The first-order valence-electron chi connectivity index (χ1n) is 7.57. The van der Waals surface area contributed by atoms with E-state index in [0.29, 0.717) is 6.42 Å². The quantitative estimate of drug-likeness (QED) is 0.904. The molecule has 0 saturated heterocycles. The largest absolute Gasteiger partial charge is 0.496 e. The molecule has 116 valence electrons. The van der Waals surface area contributed by atoms with Gasteiger partial charge >= 0.3 is 0 Å². The molecule has 2 aromatic carbocycles. The molecule has 1 N–H and O–H groups in total. The van der Waals surface area contributed by atoms with Crippen molar-refractivity contribution in [3.8, 4) is 5.75 Å². The summed E-state index contributed by atoms with van der Waals surface area (Å²) in [5.74, 6) is 0.731. The molecule has 0 spiro atoms. The highest BCUT2D eigenvalue weighted by atomic mass is 16.5. The van der Waals surface area contributed by atoms with Gasteiger partial charge in [-0.1, -0.05) is 42.8 Å². The molecule has 0 radical (unpaired) electrons. The van der Waals surface area contributed by atoms with E-state index < -0.39 is 0 Å². The Kier molecular flexibility index (Phi) is 5.21. The monoisotopic (exact) mass is 297 g/mol. The number of nitrogens with one attached hydrogen (secondary N) is 1. The predicted molar refractivity (Wildman–Crippen MR) is 90.6 cm³/mol. The highest BCUT2D eigenvalue weighted by Gasteiger charge is 2.12. The third-order valence-corrected chi connectivity index (χ3v) is 3.79. The van der Waals surface area contributed by atoms with E-state index >= 15 is 0 Å². The van der Waals surface area contributed by atoms with Gasteiger partial charge in [0.15, 0.2) is 0 Å². The molecule has 22 heavy (non-hydrogen) atoms. The summed E-state index contributed by atoms with van der Waals surface area (Å²) in [6.07, 6.45) is 1.20. The van der Waals surface area contributed by atoms with Gasteiger partial charge in [-0.2, -0.15) is 0 Å². The highest BCUT2D eigenvalue weighted by molar-refractivity contribution is 5.94. The number of aryl methyl sites for hydroxylation is 3. The fraction of sp³-hybridized carbons (Fsp3) is 0.316. The van der Waals surface area contributed by atoms with E-state index in [1.165, 1.54) is 0 Å². The van der Waals surface area contributed by atoms with Crippen molar-refractivity contribution in [2.45, 2.75) is 33.6 Å². The van der Waals surface area contributed by atoms with Crippen LogP contribution in [0.4, 0.5) is 5.69 Å². The van der Waals surface area contributed by atoms with Gasteiger partial charge in [0.25, 0.3) is 0 Å². The van der Waals surface area contributed by atoms with E-state index in [1.807, 2.05) is 44.2 Å². The Bertz CT molecular complexity index is 677. The number of carbonyl (C=O) groups is 1. The normalized spacial score (nSPS) is 10.4. The van der Waals surface area contributed by atoms with Crippen LogP contribution in [0.5, 0.6) is 5.75 Å². The third kappa shape index (κ3) is 3.67. The molecule has 2 rings (SSSR count). The van der Waals surface area contributed by atoms with Crippen LogP contribution in [0.2, 0.25) is 0 Å². The van der Waals surface area contributed by atoms with Crippen molar-refractivity contribution in [2.24, 2.45) is 0 Å². The molecule has 0 fully saturated rings. The molecule has 0 aliphatic rings. The Morgan fingerprint density at radius 2 is 1.91 bits per heavy atom. The van der Waals surface area contributed by atoms with E-state index in [2.05, 4.69) is 18.3 Å². The van der Waals surface area contributed by atoms with Crippen LogP contribution in [-0.4, -0.2) is 13.0 Å². The lowest BCUT2D eigenvalue weighted by Gasteiger charge is -2.14. The predicted octanol–water partition coefficient (Wildman–Crippen LogP) is 4.06. The van der Waals surface area contributed by atoms with Gasteiger partial charge in [0.05, 0.1) is 13.5 Å². The standard InChI is InChI=1S/C19H23NO2/c1-5-15-8-6-7-14(3)19(15)20-18(21)12-16-11-13(2)9-10-17(16)22-4/h6-11H,5,12H2,1-4H3,(H,20,21). The molecule has 0 aromatic heterocycles. The highest BCUT2D eigenvalue weighted by Crippen LogP contribution is 2.23. The Morgan fingerprint density at radius 3 is 2.59 bits per heavy atom. The summed E-state index contributed by atoms with van der Waals surface area (Å²) in [5, 5.41) is 3.05. The number of rotatable bonds is 5. The van der Waals surface area contributed by atoms with Crippen molar-refractivity contribution in [3.05, 3.63) is 58.7 Å². The van der Waals surface area contributed by atoms with Gasteiger partial charge in [0.2, 0.25) is 5.91 Å². The van der Waals surface area contributed by atoms with E-state index in [-0.39, 0.29) is 5.91 Å². The Balaban J connectivity index is 2.19. The first-order chi connectivity index (χ1) is 10.5. The van der Waals surface area contributed by atoms with Gasteiger partial charge in [0.1, 0.15) is 5.75 Å². The number of hydrogen-bond donors (Lipinski definition) is 1. The maximum Gasteiger partial charge on any atom is 0.228 e. The first kappa shape index (κ1) is 16.1. The minimum absolute atomic E-state index is 0.0205. The SMILES string of the molecule is CCc1cccc(C)c1NC(=O)Cc1cc(C)ccc1OC. The Morgan fingerprint density at radius 1 is 1.14 bits per heavy atom. The number of methoxy groups -OCH3 is 1. The van der Waals surface area contributed by atoms with Crippen LogP contribution in [0, 0.1) is 13.8 Å². The maximum absolute atomic E-state index is 12.4. The third-order valence-electron chi connectivity index (χ3n) is 3.79. The fourth-order valence-corrected chi connectivity index (χ4v) is 2.60. The van der Waals surface area contributed by atoms with Crippen LogP contribution < -0.4 is 10.1 Å². The average molecular weight is 297 g/mol. The maximum atomic E-state index is 12.4. The second-order valence-corrected chi connectivity index (χ2v) is 5.50. The number of ether oxygens (including phenoxy) is 1. The summed E-state index contributed by atoms with van der Waals surface area (Å²) in [5.41, 5.74) is 5.20. The lowest BCUT2D eigenvalue weighted by molar-refractivity contribution is -0.115. The molecule has 3 nitrogen and oxygen atoms in total. The van der Waals surface area contributed by atoms with Crippen molar-refractivity contribution in [2.75, 3.05) is 12.4 Å². The van der Waals surface area contributed by atoms with E-state index in [9.17, 15) is 4.79 Å². The lowest BCUT2D eigenvalue weighted by atomic mass is 10.0. The average Bonchev–Trinajstić information content (AvgIpc) is 2.49. The fourth-order valence-electron chi connectivity index (χ4n) is 2.60. The van der Waals surface area contributed by atoms with Gasteiger partial charge in [-0.25, -0.2) is 0 Å². The molecule has 0 heterocycles. The summed E-state index contributed by atoms with van der Waals surface area (Å²) in [6.45, 7) is 6.12. The van der Waals surface area contributed by atoms with Gasteiger partial charge in [0, 0.05) is 11.3 Å². The zero-order valence-electron chi connectivity index (χ0n) is 13.7. The summed E-state index contributed by atoms with van der Waals surface area (Å²) < 4.78 is 5.34. The Labute approximate surface area is 132 Å². The molecule has 2 aromatic rings. The molecule has 1 amide bonds. The molecule has 0 unspecified atom stereocenters. The van der Waals surface area contributed by atoms with Crippen molar-refractivity contribution in [1.29, 1.82) is 0 Å². The molecule has 0 atom stereocenters. The van der Waals surface area contributed by atoms with E-state index in [4.69, 9.17) is 4.74 Å². The van der Waals surface area contributed by atoms with Crippen molar-refractivity contribution >= 4 is 11.6 Å². The van der Waals surface area contributed by atoms with Crippen LogP contribution in [-0.2, 0) is 17.6 Å². The van der Waals surface area contributed by atoms with Crippen molar-refractivity contribution in [3.63, 3.8) is 0 Å². The minimum Gasteiger partial charge on any atom is -0.496 e. The summed E-state index contributed by atoms with van der Waals surface area (Å²) in [7, 11) is 1.63. The van der Waals surface area contributed by atoms with Crippen molar-refractivity contribution < 1.29 is 9.53 Å². The molecule has 3 heteroatoms. The number of benzene rings is 2. The summed E-state index contributed by atoms with van der Waals surface area (Å²) in [6, 6.07) is 12.0. The second-order valence-electron chi connectivity index (χ2n) is 5.50. The summed E-state index contributed by atoms with van der Waals surface area (Å²) >= 11 is 0. The van der Waals surface area contributed by atoms with Gasteiger partial charge < -0.3 is 10.1 Å². The van der Waals surface area contributed by atoms with Crippen molar-refractivity contribution in [1.82, 2.24) is 0 Å². The summed E-state index contributed by atoms with van der Waals surface area (Å²) in [4.78, 5) is 12.4. The number of hydrogen-bond acceptors (Lipinski definition) is 2. The molecule has 0 bridgehead atoms. The minimum atomic E-state index is -0.0205. The number of anilines is 1. The van der Waals surface area contributed by atoms with E-state index in [0.717, 1.165) is 40.1 Å². The number of amides is 1. The number of carbonyl (C=O) groups excluding carboxylic acids is 1. The zero-order valence-corrected chi connectivity index (χ0v) is 13.7. The van der Waals surface area contributed by atoms with Crippen LogP contribution in [0.25, 0.3) is 0 Å². The molecule has 0 aliphatic heterocycles. The van der Waals surface area contributed by atoms with Crippen LogP contribution >= 0.6 is 0 Å². The molecular formula is C19H23NO2. The van der Waals surface area contributed by atoms with Crippen LogP contribution in [0.15, 0.2) is 36.4 Å². The van der Waals surface area contributed by atoms with Gasteiger partial charge in [-0.05, 0) is 37.5 Å². The van der Waals surface area contributed by atoms with E-state index in [1.54, 1.807) is 7.11 Å². The number of para-hydroxylation sites is 1. The zero-order chi connectivity index (χ0) is 16.1. The molecule has 0 saturated carbocycles.